The van der Waals surface area contributed by atoms with Crippen LogP contribution in [0.15, 0.2) is 32.2 Å². The van der Waals surface area contributed by atoms with Crippen molar-refractivity contribution in [2.24, 2.45) is 5.92 Å². The highest BCUT2D eigenvalue weighted by molar-refractivity contribution is 5.83. The van der Waals surface area contributed by atoms with Crippen molar-refractivity contribution in [1.29, 1.82) is 0 Å². The van der Waals surface area contributed by atoms with Crippen LogP contribution in [0.4, 0.5) is 4.39 Å². The van der Waals surface area contributed by atoms with Crippen LogP contribution in [0, 0.1) is 11.7 Å². The average Bonchev–Trinajstić information content (AvgIpc) is 2.50. The summed E-state index contributed by atoms with van der Waals surface area (Å²) in [6, 6.07) is 4.08. The van der Waals surface area contributed by atoms with Crippen molar-refractivity contribution in [1.82, 2.24) is 9.97 Å². The average molecular weight is 332 g/mol. The van der Waals surface area contributed by atoms with Crippen LogP contribution in [-0.4, -0.2) is 16.6 Å². The van der Waals surface area contributed by atoms with E-state index < -0.39 is 17.1 Å². The van der Waals surface area contributed by atoms with Crippen LogP contribution >= 0.6 is 0 Å². The molecule has 0 aromatic heterocycles. The first-order chi connectivity index (χ1) is 11.4. The first kappa shape index (κ1) is 16.2. The van der Waals surface area contributed by atoms with E-state index in [4.69, 9.17) is 9.15 Å². The molecule has 1 aromatic rings. The lowest BCUT2D eigenvalue weighted by molar-refractivity contribution is 0.284. The Hall–Kier alpha value is -2.70. The van der Waals surface area contributed by atoms with E-state index in [1.165, 1.54) is 18.2 Å². The zero-order chi connectivity index (χ0) is 17.3. The topological polar surface area (TPSA) is 85.2 Å². The van der Waals surface area contributed by atoms with Crippen LogP contribution in [0.2, 0.25) is 0 Å². The SMILES string of the molecule is CC(C)CCCOc1cc2oc3nc(=O)[nH]c(=O)c-3cc2cc1F. The van der Waals surface area contributed by atoms with E-state index in [-0.39, 0.29) is 17.2 Å². The van der Waals surface area contributed by atoms with E-state index in [9.17, 15) is 14.0 Å². The Morgan fingerprint density at radius 2 is 2.08 bits per heavy atom. The Balaban J connectivity index is 1.97. The number of halogens is 1. The number of benzene rings is 1. The van der Waals surface area contributed by atoms with Crippen LogP contribution in [-0.2, 0) is 0 Å². The number of hydrogen-bond acceptors (Lipinski definition) is 5. The molecule has 0 fully saturated rings. The highest BCUT2D eigenvalue weighted by Crippen LogP contribution is 2.29. The summed E-state index contributed by atoms with van der Waals surface area (Å²) in [5.41, 5.74) is -1.03. The molecule has 1 aromatic carbocycles. The molecule has 7 heteroatoms. The fraction of sp³-hybridized carbons (Fsp3) is 0.353. The zero-order valence-corrected chi connectivity index (χ0v) is 13.4. The maximum absolute atomic E-state index is 14.2. The summed E-state index contributed by atoms with van der Waals surface area (Å²) in [7, 11) is 0. The number of aromatic nitrogens is 2. The minimum absolute atomic E-state index is 0.0709. The summed E-state index contributed by atoms with van der Waals surface area (Å²) in [6.45, 7) is 4.62. The molecule has 2 aliphatic heterocycles. The van der Waals surface area contributed by atoms with E-state index in [1.807, 2.05) is 4.98 Å². The van der Waals surface area contributed by atoms with Gasteiger partial charge in [0, 0.05) is 11.5 Å². The molecule has 126 valence electrons. The summed E-state index contributed by atoms with van der Waals surface area (Å²) < 4.78 is 25.1. The van der Waals surface area contributed by atoms with Crippen molar-refractivity contribution in [3.8, 4) is 17.2 Å². The fourth-order valence-corrected chi connectivity index (χ4v) is 2.44. The molecule has 0 atom stereocenters. The van der Waals surface area contributed by atoms with Crippen LogP contribution in [0.5, 0.6) is 5.75 Å². The molecule has 0 saturated carbocycles. The van der Waals surface area contributed by atoms with Gasteiger partial charge in [0.15, 0.2) is 11.6 Å². The molecule has 2 aliphatic rings. The van der Waals surface area contributed by atoms with Gasteiger partial charge < -0.3 is 9.15 Å². The highest BCUT2D eigenvalue weighted by atomic mass is 19.1. The second-order valence-corrected chi connectivity index (χ2v) is 6.04. The van der Waals surface area contributed by atoms with Gasteiger partial charge in [-0.25, -0.2) is 9.18 Å². The molecule has 2 heterocycles. The van der Waals surface area contributed by atoms with Crippen molar-refractivity contribution in [3.63, 3.8) is 0 Å². The van der Waals surface area contributed by atoms with Gasteiger partial charge in [0.1, 0.15) is 11.1 Å². The highest BCUT2D eigenvalue weighted by Gasteiger charge is 2.16. The molecule has 1 N–H and O–H groups in total. The summed E-state index contributed by atoms with van der Waals surface area (Å²) >= 11 is 0. The normalized spacial score (nSPS) is 11.5. The molecule has 0 unspecified atom stereocenters. The van der Waals surface area contributed by atoms with E-state index >= 15 is 0 Å². The third-order valence-corrected chi connectivity index (χ3v) is 3.65. The lowest BCUT2D eigenvalue weighted by Crippen LogP contribution is -2.24. The first-order valence-electron chi connectivity index (χ1n) is 7.74. The molecular weight excluding hydrogens is 315 g/mol. The fourth-order valence-electron chi connectivity index (χ4n) is 2.44. The van der Waals surface area contributed by atoms with Gasteiger partial charge in [0.05, 0.1) is 6.61 Å². The molecule has 24 heavy (non-hydrogen) atoms. The monoisotopic (exact) mass is 332 g/mol. The van der Waals surface area contributed by atoms with Crippen molar-refractivity contribution in [3.05, 3.63) is 44.9 Å². The molecule has 0 spiro atoms. The molecule has 0 amide bonds. The predicted molar refractivity (Wildman–Crippen MR) is 87.0 cm³/mol. The van der Waals surface area contributed by atoms with E-state index in [0.717, 1.165) is 12.8 Å². The number of aromatic amines is 1. The smallest absolute Gasteiger partial charge is 0.351 e. The van der Waals surface area contributed by atoms with Gasteiger partial charge in [0.25, 0.3) is 5.56 Å². The minimum atomic E-state index is -0.789. The lowest BCUT2D eigenvalue weighted by atomic mass is 10.1. The van der Waals surface area contributed by atoms with Crippen LogP contribution in [0.3, 0.4) is 0 Å². The van der Waals surface area contributed by atoms with Crippen LogP contribution < -0.4 is 16.0 Å². The van der Waals surface area contributed by atoms with Gasteiger partial charge in [-0.1, -0.05) is 13.8 Å². The number of nitrogens with zero attached hydrogens (tertiary/aromatic N) is 1. The van der Waals surface area contributed by atoms with Crippen LogP contribution in [0.1, 0.15) is 26.7 Å². The molecule has 6 nitrogen and oxygen atoms in total. The Labute approximate surface area is 136 Å². The number of hydrogen-bond donors (Lipinski definition) is 1. The van der Waals surface area contributed by atoms with Crippen molar-refractivity contribution in [2.45, 2.75) is 26.7 Å². The third kappa shape index (κ3) is 3.29. The third-order valence-electron chi connectivity index (χ3n) is 3.65. The molecule has 0 saturated heterocycles. The second-order valence-electron chi connectivity index (χ2n) is 6.04. The van der Waals surface area contributed by atoms with Gasteiger partial charge >= 0.3 is 5.69 Å². The maximum Gasteiger partial charge on any atom is 0.351 e. The number of rotatable bonds is 5. The van der Waals surface area contributed by atoms with Gasteiger partial charge in [-0.2, -0.15) is 4.98 Å². The summed E-state index contributed by atoms with van der Waals surface area (Å²) in [5.74, 6) is 0.00320. The quantitative estimate of drug-likeness (QED) is 0.573. The Morgan fingerprint density at radius 3 is 2.83 bits per heavy atom. The maximum atomic E-state index is 14.2. The Kier molecular flexibility index (Phi) is 4.33. The molecule has 0 bridgehead atoms. The molecule has 0 radical (unpaired) electrons. The largest absolute Gasteiger partial charge is 0.490 e. The number of nitrogens with one attached hydrogen (secondary N) is 1. The standard InChI is InChI=1S/C17H17FN2O4/c1-9(2)4-3-5-23-14-8-13-10(7-12(14)18)6-11-15(21)19-17(22)20-16(11)24-13/h6-9H,3-5H2,1-2H3,(H,19,21,22). The number of ether oxygens (including phenoxy) is 1. The molecule has 0 aliphatic carbocycles. The Morgan fingerprint density at radius 1 is 1.29 bits per heavy atom. The van der Waals surface area contributed by atoms with Crippen molar-refractivity contribution in [2.75, 3.05) is 6.61 Å². The second kappa shape index (κ2) is 6.43. The molecule has 3 rings (SSSR count). The molecular formula is C17H17FN2O4. The first-order valence-corrected chi connectivity index (χ1v) is 7.74. The lowest BCUT2D eigenvalue weighted by Gasteiger charge is -2.10. The van der Waals surface area contributed by atoms with Gasteiger partial charge in [-0.05, 0) is 30.9 Å². The summed E-state index contributed by atoms with van der Waals surface area (Å²) in [5, 5.41) is 0.389. The van der Waals surface area contributed by atoms with E-state index in [1.54, 1.807) is 0 Å². The number of H-pyrrole nitrogens is 1. The van der Waals surface area contributed by atoms with Gasteiger partial charge in [-0.15, -0.1) is 0 Å². The summed E-state index contributed by atoms with van der Waals surface area (Å²) in [4.78, 5) is 28.7. The zero-order valence-electron chi connectivity index (χ0n) is 13.4. The predicted octanol–water partition coefficient (Wildman–Crippen LogP) is 2.94. The van der Waals surface area contributed by atoms with E-state index in [0.29, 0.717) is 23.5 Å². The Bertz CT molecular complexity index is 961. The van der Waals surface area contributed by atoms with Gasteiger partial charge in [0.2, 0.25) is 5.89 Å². The van der Waals surface area contributed by atoms with Crippen molar-refractivity contribution < 1.29 is 13.5 Å². The number of fused-ring (bicyclic) bond motifs is 2. The van der Waals surface area contributed by atoms with Crippen LogP contribution in [0.25, 0.3) is 22.4 Å². The van der Waals surface area contributed by atoms with Gasteiger partial charge in [-0.3, -0.25) is 9.78 Å². The minimum Gasteiger partial charge on any atom is -0.490 e. The summed E-state index contributed by atoms with van der Waals surface area (Å²) in [6.07, 6.45) is 1.81. The van der Waals surface area contributed by atoms with E-state index in [2.05, 4.69) is 18.8 Å². The van der Waals surface area contributed by atoms with Crippen molar-refractivity contribution >= 4 is 11.0 Å².